The molecule has 0 N–H and O–H groups in total. The average molecular weight is 239 g/mol. The van der Waals surface area contributed by atoms with Crippen LogP contribution in [0.25, 0.3) is 10.8 Å². The molecule has 0 spiro atoms. The molecule has 3 aromatic rings. The Morgan fingerprint density at radius 3 is 2.78 bits per heavy atom. The molecule has 0 bridgehead atoms. The van der Waals surface area contributed by atoms with Gasteiger partial charge in [0.05, 0.1) is 5.69 Å². The van der Waals surface area contributed by atoms with Crippen LogP contribution in [0.5, 0.6) is 5.75 Å². The highest BCUT2D eigenvalue weighted by molar-refractivity contribution is 5.88. The largest absolute Gasteiger partial charge is 0.485 e. The predicted molar refractivity (Wildman–Crippen MR) is 69.5 cm³/mol. The zero-order chi connectivity index (χ0) is 12.4. The molecule has 3 heteroatoms. The van der Waals surface area contributed by atoms with Gasteiger partial charge in [-0.1, -0.05) is 41.6 Å². The third-order valence-corrected chi connectivity index (χ3v) is 2.80. The molecule has 0 saturated heterocycles. The Hall–Kier alpha value is -2.29. The molecule has 0 fully saturated rings. The van der Waals surface area contributed by atoms with Crippen LogP contribution in [-0.4, -0.2) is 5.16 Å². The molecular weight excluding hydrogens is 226 g/mol. The van der Waals surface area contributed by atoms with E-state index in [1.54, 1.807) is 0 Å². The molecule has 0 aliphatic heterocycles. The van der Waals surface area contributed by atoms with Crippen LogP contribution in [0.1, 0.15) is 11.5 Å². The van der Waals surface area contributed by atoms with Crippen LogP contribution in [-0.2, 0) is 6.61 Å². The molecule has 90 valence electrons. The first-order chi connectivity index (χ1) is 8.83. The lowest BCUT2D eigenvalue weighted by Gasteiger charge is -2.07. The van der Waals surface area contributed by atoms with E-state index in [-0.39, 0.29) is 0 Å². The van der Waals surface area contributed by atoms with Gasteiger partial charge in [-0.25, -0.2) is 0 Å². The Labute approximate surface area is 105 Å². The molecule has 3 rings (SSSR count). The van der Waals surface area contributed by atoms with Gasteiger partial charge in [0.25, 0.3) is 0 Å². The van der Waals surface area contributed by atoms with Crippen LogP contribution in [0.15, 0.2) is 53.1 Å². The van der Waals surface area contributed by atoms with E-state index in [0.29, 0.717) is 6.61 Å². The number of hydrogen-bond donors (Lipinski definition) is 0. The Morgan fingerprint density at radius 2 is 1.94 bits per heavy atom. The number of ether oxygens (including phenoxy) is 1. The number of benzene rings is 2. The van der Waals surface area contributed by atoms with E-state index in [0.717, 1.165) is 22.6 Å². The molecule has 0 amide bonds. The fourth-order valence-corrected chi connectivity index (χ4v) is 1.95. The second kappa shape index (κ2) is 4.53. The number of aromatic nitrogens is 1. The van der Waals surface area contributed by atoms with Gasteiger partial charge in [-0.3, -0.25) is 0 Å². The highest BCUT2D eigenvalue weighted by atomic mass is 16.5. The van der Waals surface area contributed by atoms with Crippen molar-refractivity contribution in [3.63, 3.8) is 0 Å². The third-order valence-electron chi connectivity index (χ3n) is 2.80. The second-order valence-corrected chi connectivity index (χ2v) is 4.20. The van der Waals surface area contributed by atoms with Gasteiger partial charge in [-0.05, 0) is 18.4 Å². The van der Waals surface area contributed by atoms with Crippen molar-refractivity contribution in [2.24, 2.45) is 0 Å². The predicted octanol–water partition coefficient (Wildman–Crippen LogP) is 3.72. The van der Waals surface area contributed by atoms with Gasteiger partial charge in [0, 0.05) is 11.5 Å². The number of nitrogens with zero attached hydrogens (tertiary/aromatic N) is 1. The zero-order valence-electron chi connectivity index (χ0n) is 10.1. The smallest absolute Gasteiger partial charge is 0.174 e. The molecule has 0 atom stereocenters. The van der Waals surface area contributed by atoms with Crippen molar-refractivity contribution in [3.05, 3.63) is 60.0 Å². The van der Waals surface area contributed by atoms with E-state index in [9.17, 15) is 0 Å². The fourth-order valence-electron chi connectivity index (χ4n) is 1.95. The summed E-state index contributed by atoms with van der Waals surface area (Å²) < 4.78 is 10.9. The Kier molecular flexibility index (Phi) is 2.73. The molecule has 0 aliphatic rings. The first kappa shape index (κ1) is 10.8. The molecule has 18 heavy (non-hydrogen) atoms. The van der Waals surface area contributed by atoms with Crippen molar-refractivity contribution in [1.82, 2.24) is 5.16 Å². The Balaban J connectivity index is 1.86. The summed E-state index contributed by atoms with van der Waals surface area (Å²) in [7, 11) is 0. The first-order valence-electron chi connectivity index (χ1n) is 5.86. The fraction of sp³-hybridized carbons (Fsp3) is 0.133. The van der Waals surface area contributed by atoms with Crippen LogP contribution >= 0.6 is 0 Å². The van der Waals surface area contributed by atoms with Crippen molar-refractivity contribution < 1.29 is 9.26 Å². The van der Waals surface area contributed by atoms with Crippen LogP contribution in [0.3, 0.4) is 0 Å². The normalized spacial score (nSPS) is 10.7. The van der Waals surface area contributed by atoms with Gasteiger partial charge in [0.2, 0.25) is 0 Å². The summed E-state index contributed by atoms with van der Waals surface area (Å²) in [4.78, 5) is 0. The summed E-state index contributed by atoms with van der Waals surface area (Å²) in [6.07, 6.45) is 0. The van der Waals surface area contributed by atoms with Gasteiger partial charge < -0.3 is 9.26 Å². The summed E-state index contributed by atoms with van der Waals surface area (Å²) in [6, 6.07) is 16.1. The van der Waals surface area contributed by atoms with Crippen molar-refractivity contribution in [2.45, 2.75) is 13.5 Å². The maximum absolute atomic E-state index is 5.78. The Morgan fingerprint density at radius 1 is 1.11 bits per heavy atom. The highest BCUT2D eigenvalue weighted by Crippen LogP contribution is 2.25. The number of hydrogen-bond acceptors (Lipinski definition) is 3. The summed E-state index contributed by atoms with van der Waals surface area (Å²) in [5.41, 5.74) is 0.867. The molecular formula is C15H13NO2. The molecule has 0 unspecified atom stereocenters. The number of rotatable bonds is 3. The van der Waals surface area contributed by atoms with Crippen LogP contribution in [0.2, 0.25) is 0 Å². The van der Waals surface area contributed by atoms with Crippen molar-refractivity contribution in [1.29, 1.82) is 0 Å². The van der Waals surface area contributed by atoms with Crippen molar-refractivity contribution in [2.75, 3.05) is 0 Å². The monoisotopic (exact) mass is 239 g/mol. The van der Waals surface area contributed by atoms with Gasteiger partial charge in [-0.2, -0.15) is 0 Å². The molecule has 1 heterocycles. The molecule has 1 aromatic heterocycles. The molecule has 0 radical (unpaired) electrons. The average Bonchev–Trinajstić information content (AvgIpc) is 2.82. The molecule has 0 aliphatic carbocycles. The van der Waals surface area contributed by atoms with E-state index in [2.05, 4.69) is 23.4 Å². The summed E-state index contributed by atoms with van der Waals surface area (Å²) >= 11 is 0. The second-order valence-electron chi connectivity index (χ2n) is 4.20. The van der Waals surface area contributed by atoms with Crippen LogP contribution in [0, 0.1) is 6.92 Å². The van der Waals surface area contributed by atoms with Gasteiger partial charge in [-0.15, -0.1) is 0 Å². The van der Waals surface area contributed by atoms with Gasteiger partial charge >= 0.3 is 0 Å². The zero-order valence-corrected chi connectivity index (χ0v) is 10.1. The quantitative estimate of drug-likeness (QED) is 0.698. The Bertz CT molecular complexity index is 668. The lowest BCUT2D eigenvalue weighted by molar-refractivity contribution is 0.251. The SMILES string of the molecule is Cc1cc(COc2cccc3ccccc23)on1. The van der Waals surface area contributed by atoms with E-state index >= 15 is 0 Å². The van der Waals surface area contributed by atoms with Crippen molar-refractivity contribution >= 4 is 10.8 Å². The van der Waals surface area contributed by atoms with Crippen LogP contribution < -0.4 is 4.74 Å². The van der Waals surface area contributed by atoms with Crippen LogP contribution in [0.4, 0.5) is 0 Å². The van der Waals surface area contributed by atoms with Crippen molar-refractivity contribution in [3.8, 4) is 5.75 Å². The summed E-state index contributed by atoms with van der Waals surface area (Å²) in [5.74, 6) is 1.60. The minimum Gasteiger partial charge on any atom is -0.485 e. The van der Waals surface area contributed by atoms with E-state index in [1.807, 2.05) is 37.3 Å². The van der Waals surface area contributed by atoms with E-state index in [4.69, 9.17) is 9.26 Å². The molecule has 2 aromatic carbocycles. The number of aryl methyl sites for hydroxylation is 1. The maximum Gasteiger partial charge on any atom is 0.174 e. The molecule has 0 saturated carbocycles. The van der Waals surface area contributed by atoms with E-state index < -0.39 is 0 Å². The standard InChI is InChI=1S/C15H13NO2/c1-11-9-13(18-16-11)10-17-15-8-4-6-12-5-2-3-7-14(12)15/h2-9H,10H2,1H3. The lowest BCUT2D eigenvalue weighted by Crippen LogP contribution is -1.94. The van der Waals surface area contributed by atoms with Gasteiger partial charge in [0.1, 0.15) is 12.4 Å². The van der Waals surface area contributed by atoms with E-state index in [1.165, 1.54) is 5.39 Å². The highest BCUT2D eigenvalue weighted by Gasteiger charge is 2.04. The topological polar surface area (TPSA) is 35.3 Å². The number of fused-ring (bicyclic) bond motifs is 1. The minimum atomic E-state index is 0.398. The van der Waals surface area contributed by atoms with Gasteiger partial charge in [0.15, 0.2) is 5.76 Å². The summed E-state index contributed by atoms with van der Waals surface area (Å²) in [6.45, 7) is 2.29. The first-order valence-corrected chi connectivity index (χ1v) is 5.86. The summed E-state index contributed by atoms with van der Waals surface area (Å²) in [5, 5.41) is 6.11. The third kappa shape index (κ3) is 2.07. The minimum absolute atomic E-state index is 0.398. The lowest BCUT2D eigenvalue weighted by atomic mass is 10.1. The molecule has 3 nitrogen and oxygen atoms in total. The maximum atomic E-state index is 5.78.